The molecule has 0 heterocycles. The van der Waals surface area contributed by atoms with Crippen molar-refractivity contribution in [2.24, 2.45) is 0 Å². The van der Waals surface area contributed by atoms with Crippen molar-refractivity contribution in [1.29, 1.82) is 0 Å². The van der Waals surface area contributed by atoms with Crippen molar-refractivity contribution in [1.82, 2.24) is 12.3 Å². The van der Waals surface area contributed by atoms with Crippen LogP contribution in [0.1, 0.15) is 0 Å². The minimum Gasteiger partial charge on any atom is -0.790 e. The van der Waals surface area contributed by atoms with Gasteiger partial charge in [-0.15, -0.1) is 0 Å². The standard InChI is InChI=1S/BH3O3.2H3N.H3O4P/c2-1(3)4;;;1-5(2,3)4/h2-4H;2*1H3;(H3,1,2,3,4). The summed E-state index contributed by atoms with van der Waals surface area (Å²) >= 11 is 0. The van der Waals surface area contributed by atoms with Crippen LogP contribution in [0.3, 0.4) is 0 Å². The van der Waals surface area contributed by atoms with Gasteiger partial charge in [-0.25, -0.2) is 0 Å². The summed E-state index contributed by atoms with van der Waals surface area (Å²) in [5.74, 6) is 0. The van der Waals surface area contributed by atoms with E-state index in [1.165, 1.54) is 0 Å². The van der Waals surface area contributed by atoms with Crippen molar-refractivity contribution in [2.45, 2.75) is 0 Å². The fourth-order valence-electron chi connectivity index (χ4n) is 0. The second-order valence-corrected chi connectivity index (χ2v) is 1.75. The lowest BCUT2D eigenvalue weighted by Crippen LogP contribution is -2.11. The van der Waals surface area contributed by atoms with E-state index in [2.05, 4.69) is 0 Å². The van der Waals surface area contributed by atoms with Gasteiger partial charge >= 0.3 is 7.32 Å². The largest absolute Gasteiger partial charge is 0.790 e. The summed E-state index contributed by atoms with van der Waals surface area (Å²) in [6.07, 6.45) is 0. The molecule has 0 aliphatic carbocycles. The topological polar surface area (TPSA) is 217 Å². The fourth-order valence-corrected chi connectivity index (χ4v) is 0. The molecule has 0 saturated heterocycles. The van der Waals surface area contributed by atoms with Crippen LogP contribution in [-0.2, 0) is 4.57 Å². The quantitative estimate of drug-likeness (QED) is 0.168. The van der Waals surface area contributed by atoms with Gasteiger partial charge in [-0.1, -0.05) is 0 Å². The van der Waals surface area contributed by atoms with Crippen molar-refractivity contribution in [2.75, 3.05) is 0 Å². The average molecular weight is 194 g/mol. The summed E-state index contributed by atoms with van der Waals surface area (Å²) in [4.78, 5) is 24.3. The van der Waals surface area contributed by atoms with Gasteiger partial charge in [-0.3, -0.25) is 0 Å². The normalized spacial score (nSPS) is 7.82. The van der Waals surface area contributed by atoms with Crippen LogP contribution in [0.2, 0.25) is 0 Å². The van der Waals surface area contributed by atoms with Crippen molar-refractivity contribution >= 4 is 15.1 Å². The highest BCUT2D eigenvalue weighted by Gasteiger charge is 1.92. The Morgan fingerprint density at radius 2 is 1.09 bits per heavy atom. The summed E-state index contributed by atoms with van der Waals surface area (Å²) in [5, 5.41) is 21.5. The number of hydrogen-bond donors (Lipinski definition) is 6. The van der Waals surface area contributed by atoms with Gasteiger partial charge in [0.1, 0.15) is 0 Å². The van der Waals surface area contributed by atoms with Crippen molar-refractivity contribution in [3.63, 3.8) is 0 Å². The SMILES string of the molecule is O=P([O-])([O-])O.OB(O)O.[NH4+].[NH4+]. The van der Waals surface area contributed by atoms with E-state index < -0.39 is 15.1 Å². The van der Waals surface area contributed by atoms with E-state index in [4.69, 9.17) is 34.3 Å². The van der Waals surface area contributed by atoms with E-state index in [1.807, 2.05) is 0 Å². The van der Waals surface area contributed by atoms with Crippen molar-refractivity contribution in [3.05, 3.63) is 0 Å². The minimum absolute atomic E-state index is 0. The van der Waals surface area contributed by atoms with Gasteiger partial charge in [0, 0.05) is 0 Å². The minimum atomic E-state index is -5.14. The van der Waals surface area contributed by atoms with Gasteiger partial charge < -0.3 is 46.6 Å². The molecule has 0 aliphatic heterocycles. The van der Waals surface area contributed by atoms with Crippen LogP contribution in [0.4, 0.5) is 0 Å². The molecule has 0 aliphatic rings. The Hall–Kier alpha value is -0.0251. The molecule has 0 saturated carbocycles. The van der Waals surface area contributed by atoms with Crippen LogP contribution >= 0.6 is 7.82 Å². The van der Waals surface area contributed by atoms with Crippen molar-refractivity contribution < 1.29 is 34.3 Å². The van der Waals surface area contributed by atoms with E-state index in [0.717, 1.165) is 0 Å². The third-order valence-electron chi connectivity index (χ3n) is 0. The summed E-state index contributed by atoms with van der Waals surface area (Å²) < 4.78 is 8.66. The highest BCUT2D eigenvalue weighted by atomic mass is 31.2. The molecule has 0 atom stereocenters. The molecule has 12 N–H and O–H groups in total. The first-order valence-electron chi connectivity index (χ1n) is 1.52. The van der Waals surface area contributed by atoms with E-state index in [-0.39, 0.29) is 12.3 Å². The maximum Gasteiger partial charge on any atom is 0.631 e. The van der Waals surface area contributed by atoms with E-state index in [0.29, 0.717) is 0 Å². The molecule has 11 heteroatoms. The van der Waals surface area contributed by atoms with Crippen molar-refractivity contribution in [3.8, 4) is 0 Å². The van der Waals surface area contributed by atoms with Gasteiger partial charge in [0.05, 0.1) is 7.82 Å². The molecule has 72 valence electrons. The Labute approximate surface area is 62.9 Å². The molecule has 0 bridgehead atoms. The second-order valence-electron chi connectivity index (χ2n) is 0.815. The number of phosphoric acid groups is 1. The Kier molecular flexibility index (Phi) is 20.4. The average Bonchev–Trinajstić information content (AvgIpc) is 1.19. The van der Waals surface area contributed by atoms with Crippen LogP contribution in [0.15, 0.2) is 0 Å². The molecular weight excluding hydrogens is 182 g/mol. The monoisotopic (exact) mass is 194 g/mol. The number of rotatable bonds is 0. The molecular formula is H12BN2O7P. The molecule has 0 fully saturated rings. The fraction of sp³-hybridized carbons (Fsp3) is 0. The summed E-state index contributed by atoms with van der Waals surface area (Å²) in [6.45, 7) is 0. The lowest BCUT2D eigenvalue weighted by Gasteiger charge is -2.19. The third kappa shape index (κ3) is 1010000. The molecule has 0 amide bonds. The number of quaternary nitrogens is 2. The highest BCUT2D eigenvalue weighted by Crippen LogP contribution is 2.11. The van der Waals surface area contributed by atoms with Gasteiger partial charge in [-0.05, 0) is 0 Å². The molecule has 0 unspecified atom stereocenters. The first-order valence-corrected chi connectivity index (χ1v) is 3.02. The first kappa shape index (κ1) is 22.4. The molecule has 9 nitrogen and oxygen atoms in total. The van der Waals surface area contributed by atoms with Crippen LogP contribution in [0, 0.1) is 0 Å². The Balaban J connectivity index is -0.0000000383. The molecule has 0 aromatic rings. The van der Waals surface area contributed by atoms with E-state index in [1.54, 1.807) is 0 Å². The zero-order valence-corrected chi connectivity index (χ0v) is 6.93. The van der Waals surface area contributed by atoms with E-state index >= 15 is 0 Å². The highest BCUT2D eigenvalue weighted by molar-refractivity contribution is 7.42. The predicted molar refractivity (Wildman–Crippen MR) is 34.2 cm³/mol. The molecule has 0 radical (unpaired) electrons. The third-order valence-corrected chi connectivity index (χ3v) is 0. The summed E-state index contributed by atoms with van der Waals surface area (Å²) in [5.41, 5.74) is 0. The van der Waals surface area contributed by atoms with Gasteiger partial charge in [0.15, 0.2) is 0 Å². The van der Waals surface area contributed by atoms with Gasteiger partial charge in [0.25, 0.3) is 0 Å². The molecule has 0 spiro atoms. The molecule has 0 aromatic carbocycles. The Morgan fingerprint density at radius 3 is 1.09 bits per heavy atom. The number of hydrogen-bond acceptors (Lipinski definition) is 6. The first-order chi connectivity index (χ1) is 3.73. The smallest absolute Gasteiger partial charge is 0.631 e. The zero-order valence-electron chi connectivity index (χ0n) is 6.04. The van der Waals surface area contributed by atoms with Crippen LogP contribution in [-0.4, -0.2) is 27.3 Å². The molecule has 11 heavy (non-hydrogen) atoms. The Bertz CT molecular complexity index is 87.6. The maximum absolute atomic E-state index is 8.66. The van der Waals surface area contributed by atoms with Crippen LogP contribution < -0.4 is 22.1 Å². The maximum atomic E-state index is 8.66. The van der Waals surface area contributed by atoms with Gasteiger partial charge in [-0.2, -0.15) is 0 Å². The summed E-state index contributed by atoms with van der Waals surface area (Å²) in [7, 11) is -7.31. The summed E-state index contributed by atoms with van der Waals surface area (Å²) in [6, 6.07) is 0. The van der Waals surface area contributed by atoms with E-state index in [9.17, 15) is 0 Å². The lowest BCUT2D eigenvalue weighted by molar-refractivity contribution is -0.337. The van der Waals surface area contributed by atoms with Gasteiger partial charge in [0.2, 0.25) is 0 Å². The predicted octanol–water partition coefficient (Wildman–Crippen LogP) is -3.49. The van der Waals surface area contributed by atoms with Crippen LogP contribution in [0.25, 0.3) is 0 Å². The van der Waals surface area contributed by atoms with Crippen LogP contribution in [0.5, 0.6) is 0 Å². The Morgan fingerprint density at radius 1 is 1.09 bits per heavy atom. The lowest BCUT2D eigenvalue weighted by atomic mass is 10.3. The molecule has 0 aromatic heterocycles. The zero-order chi connectivity index (χ0) is 8.08. The molecule has 0 rings (SSSR count). The second kappa shape index (κ2) is 9.97.